The average molecular weight is 403 g/mol. The van der Waals surface area contributed by atoms with Crippen LogP contribution in [0.25, 0.3) is 11.1 Å². The zero-order valence-corrected chi connectivity index (χ0v) is 17.9. The van der Waals surface area contributed by atoms with Gasteiger partial charge in [0.2, 0.25) is 0 Å². The maximum atomic E-state index is 5.68. The zero-order valence-electron chi connectivity index (χ0n) is 17.9. The van der Waals surface area contributed by atoms with E-state index in [1.165, 1.54) is 0 Å². The molecule has 3 rings (SSSR count). The number of anilines is 1. The molecule has 30 heavy (non-hydrogen) atoms. The minimum atomic E-state index is 0.235. The van der Waals surface area contributed by atoms with Crippen LogP contribution in [0, 0.1) is 0 Å². The number of nitrogens with one attached hydrogen (secondary N) is 2. The highest BCUT2D eigenvalue weighted by atomic mass is 16.5. The molecule has 0 unspecified atom stereocenters. The van der Waals surface area contributed by atoms with Crippen molar-refractivity contribution in [3.8, 4) is 16.9 Å². The lowest BCUT2D eigenvalue weighted by Crippen LogP contribution is -2.36. The summed E-state index contributed by atoms with van der Waals surface area (Å²) in [5, 5.41) is 6.82. The summed E-state index contributed by atoms with van der Waals surface area (Å²) in [7, 11) is 1.67. The molecule has 0 atom stereocenters. The van der Waals surface area contributed by atoms with Crippen molar-refractivity contribution in [2.75, 3.05) is 12.4 Å². The summed E-state index contributed by atoms with van der Waals surface area (Å²) in [6.45, 7) is 5.28. The number of benzene rings is 3. The first-order valence-corrected chi connectivity index (χ1v) is 10.2. The normalized spacial score (nSPS) is 11.4. The number of nitrogens with zero attached hydrogens (tertiary/aromatic N) is 1. The molecule has 5 heteroatoms. The predicted octanol–water partition coefficient (Wildman–Crippen LogP) is 4.79. The number of aliphatic imine (C=N–C) groups is 1. The second-order valence-electron chi connectivity index (χ2n) is 7.39. The molecule has 0 amide bonds. The van der Waals surface area contributed by atoms with Gasteiger partial charge in [-0.25, -0.2) is 4.99 Å². The summed E-state index contributed by atoms with van der Waals surface area (Å²) < 4.78 is 5.57. The first kappa shape index (κ1) is 21.4. The fourth-order valence-electron chi connectivity index (χ4n) is 3.09. The van der Waals surface area contributed by atoms with Crippen LogP contribution in [-0.4, -0.2) is 19.1 Å². The molecule has 4 N–H and O–H groups in total. The van der Waals surface area contributed by atoms with E-state index in [0.717, 1.165) is 33.7 Å². The molecule has 0 bridgehead atoms. The van der Waals surface area contributed by atoms with Crippen molar-refractivity contribution in [1.29, 1.82) is 0 Å². The third-order valence-electron chi connectivity index (χ3n) is 4.66. The molecular weight excluding hydrogens is 372 g/mol. The van der Waals surface area contributed by atoms with E-state index < -0.39 is 0 Å². The Morgan fingerprint density at radius 2 is 1.63 bits per heavy atom. The van der Waals surface area contributed by atoms with E-state index in [1.807, 2.05) is 36.4 Å². The van der Waals surface area contributed by atoms with Crippen LogP contribution in [0.5, 0.6) is 5.75 Å². The Labute approximate surface area is 179 Å². The van der Waals surface area contributed by atoms with E-state index >= 15 is 0 Å². The van der Waals surface area contributed by atoms with Crippen molar-refractivity contribution in [3.05, 3.63) is 83.9 Å². The van der Waals surface area contributed by atoms with Gasteiger partial charge in [0.1, 0.15) is 5.75 Å². The van der Waals surface area contributed by atoms with Gasteiger partial charge >= 0.3 is 0 Å². The van der Waals surface area contributed by atoms with Crippen molar-refractivity contribution in [2.45, 2.75) is 33.0 Å². The Morgan fingerprint density at radius 1 is 0.933 bits per heavy atom. The van der Waals surface area contributed by atoms with Crippen LogP contribution in [0.2, 0.25) is 0 Å². The number of guanidine groups is 1. The summed E-state index contributed by atoms with van der Waals surface area (Å²) in [6, 6.07) is 24.9. The smallest absolute Gasteiger partial charge is 0.196 e. The molecule has 0 spiro atoms. The Balaban J connectivity index is 1.85. The molecule has 156 valence electrons. The lowest BCUT2D eigenvalue weighted by molar-refractivity contribution is 0.417. The molecule has 3 aromatic carbocycles. The van der Waals surface area contributed by atoms with Crippen LogP contribution >= 0.6 is 0 Å². The highest BCUT2D eigenvalue weighted by Crippen LogP contribution is 2.30. The van der Waals surface area contributed by atoms with Crippen molar-refractivity contribution < 1.29 is 4.74 Å². The average Bonchev–Trinajstić information content (AvgIpc) is 2.78. The van der Waals surface area contributed by atoms with E-state index in [1.54, 1.807) is 7.11 Å². The number of nitrogens with two attached hydrogens (primary N) is 1. The van der Waals surface area contributed by atoms with Crippen LogP contribution in [-0.2, 0) is 13.1 Å². The molecule has 0 aromatic heterocycles. The van der Waals surface area contributed by atoms with Gasteiger partial charge in [-0.1, -0.05) is 60.7 Å². The van der Waals surface area contributed by atoms with E-state index in [9.17, 15) is 0 Å². The van der Waals surface area contributed by atoms with E-state index in [4.69, 9.17) is 15.5 Å². The van der Waals surface area contributed by atoms with Crippen molar-refractivity contribution >= 4 is 11.6 Å². The third kappa shape index (κ3) is 5.84. The first-order chi connectivity index (χ1) is 14.6. The van der Waals surface area contributed by atoms with Gasteiger partial charge in [-0.2, -0.15) is 0 Å². The van der Waals surface area contributed by atoms with Gasteiger partial charge < -0.3 is 21.1 Å². The summed E-state index contributed by atoms with van der Waals surface area (Å²) in [6.07, 6.45) is 0. The second kappa shape index (κ2) is 10.5. The van der Waals surface area contributed by atoms with Gasteiger partial charge in [0.15, 0.2) is 5.96 Å². The van der Waals surface area contributed by atoms with E-state index in [2.05, 4.69) is 60.9 Å². The number of hydrogen-bond donors (Lipinski definition) is 3. The van der Waals surface area contributed by atoms with E-state index in [0.29, 0.717) is 19.0 Å². The molecule has 0 fully saturated rings. The quantitative estimate of drug-likeness (QED) is 0.393. The molecule has 0 aliphatic carbocycles. The lowest BCUT2D eigenvalue weighted by atomic mass is 10.0. The number of ether oxygens (including phenoxy) is 1. The third-order valence-corrected chi connectivity index (χ3v) is 4.66. The van der Waals surface area contributed by atoms with Gasteiger partial charge in [-0.15, -0.1) is 0 Å². The highest BCUT2D eigenvalue weighted by molar-refractivity contribution is 5.96. The van der Waals surface area contributed by atoms with Crippen LogP contribution in [0.4, 0.5) is 5.69 Å². The lowest BCUT2D eigenvalue weighted by Gasteiger charge is -2.18. The maximum absolute atomic E-state index is 5.68. The van der Waals surface area contributed by atoms with Crippen molar-refractivity contribution in [1.82, 2.24) is 5.32 Å². The van der Waals surface area contributed by atoms with E-state index in [-0.39, 0.29) is 6.04 Å². The van der Waals surface area contributed by atoms with Crippen LogP contribution in [0.15, 0.2) is 77.8 Å². The standard InChI is InChI=1S/C25H30N4O/c1-18(2)28-25(27-17-20-11-9-19(16-26)10-12-20)29-23-15-22(13-14-24(23)30-3)21-7-5-4-6-8-21/h4-15,18H,16-17,26H2,1-3H3,(H2,27,28,29). The minimum Gasteiger partial charge on any atom is -0.495 e. The topological polar surface area (TPSA) is 71.7 Å². The molecule has 0 heterocycles. The summed E-state index contributed by atoms with van der Waals surface area (Å²) >= 11 is 0. The molecular formula is C25H30N4O. The van der Waals surface area contributed by atoms with Crippen LogP contribution in [0.1, 0.15) is 25.0 Å². The monoisotopic (exact) mass is 402 g/mol. The fourth-order valence-corrected chi connectivity index (χ4v) is 3.09. The summed E-state index contributed by atoms with van der Waals surface area (Å²) in [5.74, 6) is 1.47. The largest absolute Gasteiger partial charge is 0.495 e. The van der Waals surface area contributed by atoms with Gasteiger partial charge in [-0.05, 0) is 48.2 Å². The molecule has 0 radical (unpaired) electrons. The van der Waals surface area contributed by atoms with Crippen molar-refractivity contribution in [2.24, 2.45) is 10.7 Å². The SMILES string of the molecule is COc1ccc(-c2ccccc2)cc1NC(=NCc1ccc(CN)cc1)NC(C)C. The summed E-state index contributed by atoms with van der Waals surface area (Å²) in [5.41, 5.74) is 11.1. The Morgan fingerprint density at radius 3 is 2.27 bits per heavy atom. The van der Waals surface area contributed by atoms with Gasteiger partial charge in [0.05, 0.1) is 19.3 Å². The van der Waals surface area contributed by atoms with Crippen molar-refractivity contribution in [3.63, 3.8) is 0 Å². The Kier molecular flexibility index (Phi) is 7.46. The maximum Gasteiger partial charge on any atom is 0.196 e. The van der Waals surface area contributed by atoms with Gasteiger partial charge in [0.25, 0.3) is 0 Å². The highest BCUT2D eigenvalue weighted by Gasteiger charge is 2.10. The number of hydrogen-bond acceptors (Lipinski definition) is 3. The zero-order chi connectivity index (χ0) is 21.3. The Bertz CT molecular complexity index is 966. The molecule has 0 saturated carbocycles. The molecule has 3 aromatic rings. The predicted molar refractivity (Wildman–Crippen MR) is 126 cm³/mol. The van der Waals surface area contributed by atoms with Gasteiger partial charge in [0, 0.05) is 12.6 Å². The molecule has 5 nitrogen and oxygen atoms in total. The summed E-state index contributed by atoms with van der Waals surface area (Å²) in [4.78, 5) is 4.77. The molecule has 0 aliphatic heterocycles. The first-order valence-electron chi connectivity index (χ1n) is 10.2. The number of rotatable bonds is 7. The fraction of sp³-hybridized carbons (Fsp3) is 0.240. The van der Waals surface area contributed by atoms with Crippen LogP contribution < -0.4 is 21.1 Å². The number of methoxy groups -OCH3 is 1. The second-order valence-corrected chi connectivity index (χ2v) is 7.39. The molecule has 0 saturated heterocycles. The van der Waals surface area contributed by atoms with Crippen LogP contribution in [0.3, 0.4) is 0 Å². The minimum absolute atomic E-state index is 0.235. The Hall–Kier alpha value is -3.31. The molecule has 0 aliphatic rings. The van der Waals surface area contributed by atoms with Gasteiger partial charge in [-0.3, -0.25) is 0 Å².